The minimum Gasteiger partial charge on any atom is -0.444 e. The molecule has 0 heterocycles. The largest absolute Gasteiger partial charge is 0.444 e. The highest BCUT2D eigenvalue weighted by atomic mass is 32.2. The Morgan fingerprint density at radius 3 is 2.16 bits per heavy atom. The molecular weight excluding hydrogens is 375 g/mol. The van der Waals surface area contributed by atoms with E-state index in [4.69, 9.17) is 4.55 Å². The molecule has 0 bridgehead atoms. The van der Waals surface area contributed by atoms with Crippen LogP contribution in [-0.2, 0) is 19.6 Å². The van der Waals surface area contributed by atoms with Gasteiger partial charge in [0.1, 0.15) is 0 Å². The first-order chi connectivity index (χ1) is 11.1. The normalized spacial score (nSPS) is 34.6. The van der Waals surface area contributed by atoms with E-state index in [-0.39, 0.29) is 30.6 Å². The third kappa shape index (κ3) is 3.76. The molecule has 5 atom stereocenters. The molecule has 0 radical (unpaired) electrons. The van der Waals surface area contributed by atoms with Gasteiger partial charge in [0, 0.05) is 0 Å². The van der Waals surface area contributed by atoms with Gasteiger partial charge in [-0.15, -0.1) is 0 Å². The smallest absolute Gasteiger partial charge is 0.432 e. The van der Waals surface area contributed by atoms with Gasteiger partial charge in [-0.05, 0) is 43.4 Å². The van der Waals surface area contributed by atoms with E-state index < -0.39 is 39.0 Å². The van der Waals surface area contributed by atoms with Crippen LogP contribution >= 0.6 is 0 Å². The van der Waals surface area contributed by atoms with E-state index in [9.17, 15) is 35.2 Å². The fraction of sp³-hybridized carbons (Fsp3) is 0.929. The average molecular weight is 394 g/mol. The van der Waals surface area contributed by atoms with E-state index in [1.54, 1.807) is 6.92 Å². The predicted molar refractivity (Wildman–Crippen MR) is 75.1 cm³/mol. The van der Waals surface area contributed by atoms with Gasteiger partial charge in [0.25, 0.3) is 6.10 Å². The summed E-state index contributed by atoms with van der Waals surface area (Å²) in [4.78, 5) is 12.3. The van der Waals surface area contributed by atoms with Crippen LogP contribution < -0.4 is 0 Å². The second-order valence-corrected chi connectivity index (χ2v) is 8.80. The van der Waals surface area contributed by atoms with E-state index in [0.717, 1.165) is 6.42 Å². The summed E-state index contributed by atoms with van der Waals surface area (Å²) in [7, 11) is -6.42. The van der Waals surface area contributed by atoms with Crippen LogP contribution in [0.5, 0.6) is 0 Å². The van der Waals surface area contributed by atoms with Crippen LogP contribution in [0.25, 0.3) is 0 Å². The zero-order chi connectivity index (χ0) is 19.4. The zero-order valence-corrected chi connectivity index (χ0v) is 14.3. The lowest BCUT2D eigenvalue weighted by molar-refractivity contribution is -0.261. The van der Waals surface area contributed by atoms with E-state index in [1.165, 1.54) is 0 Å². The van der Waals surface area contributed by atoms with Crippen molar-refractivity contribution in [2.24, 2.45) is 23.2 Å². The molecule has 2 rings (SSSR count). The predicted octanol–water partition coefficient (Wildman–Crippen LogP) is 3.40. The lowest BCUT2D eigenvalue weighted by Gasteiger charge is -2.28. The molecule has 0 aromatic heterocycles. The molecule has 2 aliphatic carbocycles. The SMILES string of the molecule is CC1CC(C)CC2(C(=O)OC(C(F)(F)F)C(F)(F)S(=O)(=O)O)CC2C1. The lowest BCUT2D eigenvalue weighted by Crippen LogP contribution is -2.53. The molecule has 0 aromatic rings. The van der Waals surface area contributed by atoms with Crippen LogP contribution in [-0.4, -0.2) is 36.5 Å². The van der Waals surface area contributed by atoms with E-state index >= 15 is 0 Å². The van der Waals surface area contributed by atoms with Crippen molar-refractivity contribution in [3.05, 3.63) is 0 Å². The molecule has 25 heavy (non-hydrogen) atoms. The molecule has 0 aliphatic heterocycles. The van der Waals surface area contributed by atoms with Gasteiger partial charge < -0.3 is 4.74 Å². The van der Waals surface area contributed by atoms with Crippen molar-refractivity contribution in [3.63, 3.8) is 0 Å². The number of esters is 1. The van der Waals surface area contributed by atoms with Crippen LogP contribution in [0.2, 0.25) is 0 Å². The third-order valence-corrected chi connectivity index (χ3v) is 5.92. The van der Waals surface area contributed by atoms with Crippen molar-refractivity contribution < 1.29 is 44.5 Å². The molecule has 0 amide bonds. The lowest BCUT2D eigenvalue weighted by atomic mass is 9.90. The molecular formula is C14H19F5O5S. The Morgan fingerprint density at radius 2 is 1.68 bits per heavy atom. The molecule has 0 spiro atoms. The first-order valence-electron chi connectivity index (χ1n) is 7.74. The molecule has 2 fully saturated rings. The van der Waals surface area contributed by atoms with E-state index in [2.05, 4.69) is 4.74 Å². The van der Waals surface area contributed by atoms with Gasteiger partial charge in [-0.25, -0.2) is 0 Å². The van der Waals surface area contributed by atoms with Crippen molar-refractivity contribution in [3.8, 4) is 0 Å². The van der Waals surface area contributed by atoms with Crippen molar-refractivity contribution in [2.75, 3.05) is 0 Å². The highest BCUT2D eigenvalue weighted by molar-refractivity contribution is 7.86. The maximum atomic E-state index is 13.5. The Kier molecular flexibility index (Phi) is 4.91. The highest BCUT2D eigenvalue weighted by Gasteiger charge is 2.69. The molecule has 5 unspecified atom stereocenters. The minimum atomic E-state index is -6.42. The number of fused-ring (bicyclic) bond motifs is 1. The summed E-state index contributed by atoms with van der Waals surface area (Å²) >= 11 is 0. The molecule has 0 saturated heterocycles. The van der Waals surface area contributed by atoms with E-state index in [0.29, 0.717) is 6.42 Å². The topological polar surface area (TPSA) is 80.7 Å². The fourth-order valence-corrected chi connectivity index (χ4v) is 4.38. The summed E-state index contributed by atoms with van der Waals surface area (Å²) in [6, 6.07) is 0. The Bertz CT molecular complexity index is 646. The first-order valence-corrected chi connectivity index (χ1v) is 9.18. The Balaban J connectivity index is 2.27. The number of halogens is 5. The van der Waals surface area contributed by atoms with Gasteiger partial charge in [-0.3, -0.25) is 9.35 Å². The minimum absolute atomic E-state index is 0.0125. The number of ether oxygens (including phenoxy) is 1. The fourth-order valence-electron chi connectivity index (χ4n) is 3.93. The summed E-state index contributed by atoms with van der Waals surface area (Å²) in [6.45, 7) is 3.74. The van der Waals surface area contributed by atoms with Gasteiger partial charge in [0.2, 0.25) is 0 Å². The maximum absolute atomic E-state index is 13.5. The number of carbonyl (C=O) groups is 1. The number of rotatable bonds is 4. The van der Waals surface area contributed by atoms with Gasteiger partial charge >= 0.3 is 27.5 Å². The van der Waals surface area contributed by atoms with Gasteiger partial charge in [0.05, 0.1) is 5.41 Å². The van der Waals surface area contributed by atoms with Crippen LogP contribution in [0.1, 0.15) is 39.5 Å². The van der Waals surface area contributed by atoms with Crippen LogP contribution in [0.3, 0.4) is 0 Å². The number of alkyl halides is 5. The highest BCUT2D eigenvalue weighted by Crippen LogP contribution is 2.63. The molecule has 5 nitrogen and oxygen atoms in total. The standard InChI is InChI=1S/C14H19F5O5S/c1-7-3-8(2)5-12(6-9(12)4-7)11(20)24-10(13(15,16)17)14(18,19)25(21,22)23/h7-10H,3-6H2,1-2H3,(H,21,22,23). The van der Waals surface area contributed by atoms with E-state index in [1.807, 2.05) is 6.92 Å². The summed E-state index contributed by atoms with van der Waals surface area (Å²) < 4.78 is 99.5. The number of carbonyl (C=O) groups excluding carboxylic acids is 1. The van der Waals surface area contributed by atoms with Crippen molar-refractivity contribution in [2.45, 2.75) is 57.1 Å². The van der Waals surface area contributed by atoms with Crippen molar-refractivity contribution >= 4 is 16.1 Å². The molecule has 1 N–H and O–H groups in total. The molecule has 2 saturated carbocycles. The first kappa shape index (κ1) is 20.3. The number of hydrogen-bond donors (Lipinski definition) is 1. The molecule has 0 aromatic carbocycles. The van der Waals surface area contributed by atoms with Gasteiger partial charge in [-0.1, -0.05) is 13.8 Å². The summed E-state index contributed by atoms with van der Waals surface area (Å²) in [5, 5.41) is -5.69. The molecule has 2 aliphatic rings. The zero-order valence-electron chi connectivity index (χ0n) is 13.5. The summed E-state index contributed by atoms with van der Waals surface area (Å²) in [6.07, 6.45) is -8.39. The van der Waals surface area contributed by atoms with Crippen molar-refractivity contribution in [1.82, 2.24) is 0 Å². The Labute approximate surface area is 141 Å². The molecule has 146 valence electrons. The number of hydrogen-bond acceptors (Lipinski definition) is 4. The quantitative estimate of drug-likeness (QED) is 0.449. The monoisotopic (exact) mass is 394 g/mol. The average Bonchev–Trinajstić information content (AvgIpc) is 3.06. The Hall–Kier alpha value is -0.970. The maximum Gasteiger partial charge on any atom is 0.432 e. The second kappa shape index (κ2) is 6.04. The summed E-state index contributed by atoms with van der Waals surface area (Å²) in [5.74, 6) is -1.53. The molecule has 11 heteroatoms. The third-order valence-electron chi connectivity index (χ3n) is 5.01. The van der Waals surface area contributed by atoms with Crippen molar-refractivity contribution in [1.29, 1.82) is 0 Å². The van der Waals surface area contributed by atoms with Crippen LogP contribution in [0.4, 0.5) is 22.0 Å². The van der Waals surface area contributed by atoms with Crippen LogP contribution in [0, 0.1) is 23.2 Å². The van der Waals surface area contributed by atoms with Gasteiger partial charge in [0.15, 0.2) is 0 Å². The van der Waals surface area contributed by atoms with Crippen LogP contribution in [0.15, 0.2) is 0 Å². The second-order valence-electron chi connectivity index (χ2n) is 7.31. The van der Waals surface area contributed by atoms with Gasteiger partial charge in [-0.2, -0.15) is 30.4 Å². The Morgan fingerprint density at radius 1 is 1.12 bits per heavy atom. The summed E-state index contributed by atoms with van der Waals surface area (Å²) in [5.41, 5.74) is -1.29.